The Kier molecular flexibility index (Phi) is 6.76. The van der Waals surface area contributed by atoms with Gasteiger partial charge in [0.05, 0.1) is 0 Å². The molecule has 1 heteroatoms. The number of anilines is 1. The highest BCUT2D eigenvalue weighted by Gasteiger charge is 2.06. The van der Waals surface area contributed by atoms with E-state index in [-0.39, 0.29) is 0 Å². The van der Waals surface area contributed by atoms with Crippen LogP contribution in [0.2, 0.25) is 0 Å². The Morgan fingerprint density at radius 2 is 1.88 bits per heavy atom. The lowest BCUT2D eigenvalue weighted by molar-refractivity contribution is 0.472. The Hall–Kier alpha value is -0.980. The maximum Gasteiger partial charge on any atom is 0.0372 e. The van der Waals surface area contributed by atoms with E-state index in [9.17, 15) is 0 Å². The van der Waals surface area contributed by atoms with Crippen LogP contribution in [0.15, 0.2) is 24.3 Å². The van der Waals surface area contributed by atoms with Crippen molar-refractivity contribution in [1.29, 1.82) is 0 Å². The van der Waals surface area contributed by atoms with Crippen LogP contribution in [0.5, 0.6) is 0 Å². The summed E-state index contributed by atoms with van der Waals surface area (Å²) in [7, 11) is 0. The van der Waals surface area contributed by atoms with Crippen molar-refractivity contribution in [3.05, 3.63) is 29.8 Å². The van der Waals surface area contributed by atoms with E-state index in [4.69, 9.17) is 0 Å². The SMILES string of the molecule is CCCCC(CC)CNc1ccccc1CC. The molecule has 1 aromatic carbocycles. The van der Waals surface area contributed by atoms with E-state index in [1.807, 2.05) is 0 Å². The van der Waals surface area contributed by atoms with Crippen molar-refractivity contribution in [2.24, 2.45) is 5.92 Å². The second-order valence-corrected chi connectivity index (χ2v) is 4.81. The van der Waals surface area contributed by atoms with Crippen molar-refractivity contribution in [3.63, 3.8) is 0 Å². The van der Waals surface area contributed by atoms with Crippen LogP contribution in [0.3, 0.4) is 0 Å². The molecule has 1 atom stereocenters. The van der Waals surface area contributed by atoms with Gasteiger partial charge in [0.15, 0.2) is 0 Å². The monoisotopic (exact) mass is 233 g/mol. The second-order valence-electron chi connectivity index (χ2n) is 4.81. The number of aryl methyl sites for hydroxylation is 1. The van der Waals surface area contributed by atoms with Crippen LogP contribution < -0.4 is 5.32 Å². The average molecular weight is 233 g/mol. The van der Waals surface area contributed by atoms with Crippen molar-refractivity contribution >= 4 is 5.69 Å². The zero-order valence-electron chi connectivity index (χ0n) is 11.6. The number of unbranched alkanes of at least 4 members (excludes halogenated alkanes) is 1. The van der Waals surface area contributed by atoms with E-state index < -0.39 is 0 Å². The molecule has 0 heterocycles. The summed E-state index contributed by atoms with van der Waals surface area (Å²) in [5.74, 6) is 0.819. The lowest BCUT2D eigenvalue weighted by atomic mass is 9.99. The minimum absolute atomic E-state index is 0.819. The lowest BCUT2D eigenvalue weighted by Crippen LogP contribution is -2.14. The molecule has 0 fully saturated rings. The summed E-state index contributed by atoms with van der Waals surface area (Å²) in [6.45, 7) is 7.91. The van der Waals surface area contributed by atoms with Gasteiger partial charge in [-0.2, -0.15) is 0 Å². The van der Waals surface area contributed by atoms with Gasteiger partial charge in [-0.3, -0.25) is 0 Å². The van der Waals surface area contributed by atoms with Crippen molar-refractivity contribution in [3.8, 4) is 0 Å². The normalized spacial score (nSPS) is 12.4. The third-order valence-corrected chi connectivity index (χ3v) is 3.52. The molecule has 1 aromatic rings. The first kappa shape index (κ1) is 14.1. The molecule has 0 spiro atoms. The largest absolute Gasteiger partial charge is 0.385 e. The van der Waals surface area contributed by atoms with Gasteiger partial charge in [0.2, 0.25) is 0 Å². The first-order valence-corrected chi connectivity index (χ1v) is 7.13. The fraction of sp³-hybridized carbons (Fsp3) is 0.625. The number of hydrogen-bond donors (Lipinski definition) is 1. The Morgan fingerprint density at radius 1 is 1.12 bits per heavy atom. The van der Waals surface area contributed by atoms with Crippen LogP contribution in [-0.2, 0) is 6.42 Å². The summed E-state index contributed by atoms with van der Waals surface area (Å²) in [6.07, 6.45) is 6.40. The highest BCUT2D eigenvalue weighted by Crippen LogP contribution is 2.18. The Balaban J connectivity index is 2.47. The zero-order valence-corrected chi connectivity index (χ0v) is 11.6. The Labute approximate surface area is 107 Å². The predicted octanol–water partition coefficient (Wildman–Crippen LogP) is 4.88. The smallest absolute Gasteiger partial charge is 0.0372 e. The fourth-order valence-electron chi connectivity index (χ4n) is 2.20. The van der Waals surface area contributed by atoms with E-state index in [0.29, 0.717) is 0 Å². The molecule has 0 radical (unpaired) electrons. The summed E-state index contributed by atoms with van der Waals surface area (Å²) < 4.78 is 0. The summed E-state index contributed by atoms with van der Waals surface area (Å²) in [5, 5.41) is 3.62. The van der Waals surface area contributed by atoms with Gasteiger partial charge < -0.3 is 5.32 Å². The molecule has 0 saturated heterocycles. The first-order chi connectivity index (χ1) is 8.31. The molecule has 0 aromatic heterocycles. The molecule has 0 amide bonds. The highest BCUT2D eigenvalue weighted by molar-refractivity contribution is 5.51. The van der Waals surface area contributed by atoms with Crippen molar-refractivity contribution in [1.82, 2.24) is 0 Å². The number of benzene rings is 1. The van der Waals surface area contributed by atoms with Gasteiger partial charge in [-0.15, -0.1) is 0 Å². The average Bonchev–Trinajstić information content (AvgIpc) is 2.39. The number of hydrogen-bond acceptors (Lipinski definition) is 1. The van der Waals surface area contributed by atoms with E-state index in [1.54, 1.807) is 0 Å². The van der Waals surface area contributed by atoms with Gasteiger partial charge in [-0.1, -0.05) is 58.2 Å². The van der Waals surface area contributed by atoms with Crippen molar-refractivity contribution in [2.75, 3.05) is 11.9 Å². The van der Waals surface area contributed by atoms with Crippen LogP contribution in [-0.4, -0.2) is 6.54 Å². The van der Waals surface area contributed by atoms with Gasteiger partial charge in [-0.05, 0) is 30.4 Å². The molecule has 0 aliphatic heterocycles. The highest BCUT2D eigenvalue weighted by atomic mass is 14.9. The standard InChI is InChI=1S/C16H27N/c1-4-7-10-14(5-2)13-17-16-12-9-8-11-15(16)6-3/h8-9,11-12,14,17H,4-7,10,13H2,1-3H3. The van der Waals surface area contributed by atoms with E-state index >= 15 is 0 Å². The molecule has 1 unspecified atom stereocenters. The molecule has 0 saturated carbocycles. The quantitative estimate of drug-likeness (QED) is 0.675. The maximum atomic E-state index is 3.62. The third kappa shape index (κ3) is 4.80. The van der Waals surface area contributed by atoms with Crippen LogP contribution in [0.1, 0.15) is 52.0 Å². The number of rotatable bonds is 8. The van der Waals surface area contributed by atoms with Crippen LogP contribution in [0.25, 0.3) is 0 Å². The Morgan fingerprint density at radius 3 is 2.53 bits per heavy atom. The minimum atomic E-state index is 0.819. The second kappa shape index (κ2) is 8.16. The van der Waals surface area contributed by atoms with Crippen LogP contribution in [0, 0.1) is 5.92 Å². The molecule has 0 aliphatic carbocycles. The maximum absolute atomic E-state index is 3.62. The van der Waals surface area contributed by atoms with E-state index in [1.165, 1.54) is 36.9 Å². The Bertz CT molecular complexity index is 306. The fourth-order valence-corrected chi connectivity index (χ4v) is 2.20. The van der Waals surface area contributed by atoms with Gasteiger partial charge in [0, 0.05) is 12.2 Å². The molecule has 1 rings (SSSR count). The van der Waals surface area contributed by atoms with Crippen LogP contribution in [0.4, 0.5) is 5.69 Å². The van der Waals surface area contributed by atoms with Gasteiger partial charge >= 0.3 is 0 Å². The molecule has 96 valence electrons. The third-order valence-electron chi connectivity index (χ3n) is 3.52. The lowest BCUT2D eigenvalue weighted by Gasteiger charge is -2.17. The molecule has 1 N–H and O–H groups in total. The molecular formula is C16H27N. The van der Waals surface area contributed by atoms with Gasteiger partial charge in [0.25, 0.3) is 0 Å². The predicted molar refractivity (Wildman–Crippen MR) is 77.6 cm³/mol. The molecular weight excluding hydrogens is 206 g/mol. The first-order valence-electron chi connectivity index (χ1n) is 7.13. The number of para-hydroxylation sites is 1. The van der Waals surface area contributed by atoms with Crippen molar-refractivity contribution < 1.29 is 0 Å². The summed E-state index contributed by atoms with van der Waals surface area (Å²) in [5.41, 5.74) is 2.75. The number of nitrogens with one attached hydrogen (secondary N) is 1. The van der Waals surface area contributed by atoms with E-state index in [0.717, 1.165) is 18.9 Å². The van der Waals surface area contributed by atoms with Crippen LogP contribution >= 0.6 is 0 Å². The van der Waals surface area contributed by atoms with Gasteiger partial charge in [-0.25, -0.2) is 0 Å². The zero-order chi connectivity index (χ0) is 12.5. The van der Waals surface area contributed by atoms with E-state index in [2.05, 4.69) is 50.4 Å². The topological polar surface area (TPSA) is 12.0 Å². The summed E-state index contributed by atoms with van der Waals surface area (Å²) in [6, 6.07) is 8.66. The minimum Gasteiger partial charge on any atom is -0.385 e. The molecule has 1 nitrogen and oxygen atoms in total. The summed E-state index contributed by atoms with van der Waals surface area (Å²) >= 11 is 0. The van der Waals surface area contributed by atoms with Gasteiger partial charge in [0.1, 0.15) is 0 Å². The molecule has 0 bridgehead atoms. The molecule has 0 aliphatic rings. The summed E-state index contributed by atoms with van der Waals surface area (Å²) in [4.78, 5) is 0. The van der Waals surface area contributed by atoms with Crippen molar-refractivity contribution in [2.45, 2.75) is 52.9 Å². The molecule has 17 heavy (non-hydrogen) atoms.